The summed E-state index contributed by atoms with van der Waals surface area (Å²) in [6.07, 6.45) is 2.38. The first-order valence-corrected chi connectivity index (χ1v) is 10.3. The van der Waals surface area contributed by atoms with Crippen LogP contribution in [0.4, 0.5) is 11.4 Å². The number of thioether (sulfide) groups is 1. The topological polar surface area (TPSA) is 74.7 Å². The molecule has 1 aliphatic heterocycles. The summed E-state index contributed by atoms with van der Waals surface area (Å²) in [5, 5.41) is 4.92. The van der Waals surface area contributed by atoms with Gasteiger partial charge < -0.3 is 5.32 Å². The molecule has 1 aliphatic rings. The van der Waals surface area contributed by atoms with Crippen LogP contribution in [0.3, 0.4) is 0 Å². The maximum atomic E-state index is 12.2. The molecule has 29 heavy (non-hydrogen) atoms. The third-order valence-corrected chi connectivity index (χ3v) is 5.48. The number of nitrogens with zero attached hydrogens (tertiary/aromatic N) is 3. The van der Waals surface area contributed by atoms with E-state index in [0.717, 1.165) is 28.4 Å². The second-order valence-corrected chi connectivity index (χ2v) is 7.75. The molecule has 0 radical (unpaired) electrons. The molecular weight excluding hydrogens is 408 g/mol. The minimum atomic E-state index is -0.520. The molecule has 1 aromatic heterocycles. The van der Waals surface area contributed by atoms with Gasteiger partial charge in [0.15, 0.2) is 5.17 Å². The standard InChI is InChI=1S/C21H17ClN4O2S/c22-14-7-8-16-17(9-11-24-18(16)13-14)23-10-4-12-26-19(27)20(28)29-21(26)25-15-5-2-1-3-6-15/h1-3,5-9,11,13H,4,10,12H2,(H,23,24). The highest BCUT2D eigenvalue weighted by atomic mass is 35.5. The molecule has 0 bridgehead atoms. The number of aliphatic imine (C=N–C) groups is 1. The van der Waals surface area contributed by atoms with Crippen molar-refractivity contribution in [2.45, 2.75) is 6.42 Å². The highest BCUT2D eigenvalue weighted by Crippen LogP contribution is 2.26. The van der Waals surface area contributed by atoms with Crippen molar-refractivity contribution >= 4 is 61.8 Å². The highest BCUT2D eigenvalue weighted by molar-refractivity contribution is 8.28. The molecule has 146 valence electrons. The Morgan fingerprint density at radius 2 is 1.93 bits per heavy atom. The first-order valence-electron chi connectivity index (χ1n) is 9.07. The largest absolute Gasteiger partial charge is 0.384 e. The Bertz CT molecular complexity index is 1100. The molecule has 3 aromatic rings. The fourth-order valence-electron chi connectivity index (χ4n) is 3.01. The Labute approximate surface area is 177 Å². The van der Waals surface area contributed by atoms with Crippen LogP contribution in [0.5, 0.6) is 0 Å². The normalized spacial score (nSPS) is 15.5. The van der Waals surface area contributed by atoms with E-state index in [9.17, 15) is 9.59 Å². The number of halogens is 1. The average molecular weight is 425 g/mol. The van der Waals surface area contributed by atoms with Crippen LogP contribution in [-0.2, 0) is 9.59 Å². The van der Waals surface area contributed by atoms with E-state index in [4.69, 9.17) is 11.6 Å². The first kappa shape index (κ1) is 19.4. The molecule has 1 amide bonds. The van der Waals surface area contributed by atoms with Gasteiger partial charge in [0.2, 0.25) is 0 Å². The monoisotopic (exact) mass is 424 g/mol. The lowest BCUT2D eigenvalue weighted by Gasteiger charge is -2.16. The fourth-order valence-corrected chi connectivity index (χ4v) is 3.97. The number of anilines is 1. The van der Waals surface area contributed by atoms with Gasteiger partial charge in [0.05, 0.1) is 11.2 Å². The molecule has 1 N–H and O–H groups in total. The number of carbonyl (C=O) groups excluding carboxylic acids is 2. The number of hydrogen-bond donors (Lipinski definition) is 1. The van der Waals surface area contributed by atoms with Gasteiger partial charge in [-0.3, -0.25) is 19.5 Å². The molecule has 8 heteroatoms. The van der Waals surface area contributed by atoms with E-state index in [0.29, 0.717) is 35.4 Å². The summed E-state index contributed by atoms with van der Waals surface area (Å²) in [4.78, 5) is 34.3. The molecule has 4 rings (SSSR count). The lowest BCUT2D eigenvalue weighted by Crippen LogP contribution is -2.32. The van der Waals surface area contributed by atoms with Crippen molar-refractivity contribution in [3.63, 3.8) is 0 Å². The van der Waals surface area contributed by atoms with E-state index >= 15 is 0 Å². The molecule has 0 spiro atoms. The van der Waals surface area contributed by atoms with E-state index in [1.165, 1.54) is 4.90 Å². The van der Waals surface area contributed by atoms with Crippen molar-refractivity contribution in [1.82, 2.24) is 9.88 Å². The number of amidine groups is 1. The van der Waals surface area contributed by atoms with E-state index in [1.807, 2.05) is 54.6 Å². The Balaban J connectivity index is 1.41. The van der Waals surface area contributed by atoms with Gasteiger partial charge in [-0.25, -0.2) is 4.99 Å². The summed E-state index contributed by atoms with van der Waals surface area (Å²) >= 11 is 6.91. The third kappa shape index (κ3) is 4.41. The lowest BCUT2D eigenvalue weighted by molar-refractivity contribution is -0.136. The van der Waals surface area contributed by atoms with Crippen LogP contribution >= 0.6 is 23.4 Å². The SMILES string of the molecule is O=C1SC(=Nc2ccccc2)N(CCCNc2ccnc3cc(Cl)ccc23)C1=O. The summed E-state index contributed by atoms with van der Waals surface area (Å²) in [5.41, 5.74) is 2.47. The number of nitrogens with one attached hydrogen (secondary N) is 1. The molecule has 2 aromatic carbocycles. The van der Waals surface area contributed by atoms with Crippen molar-refractivity contribution in [3.05, 3.63) is 65.8 Å². The van der Waals surface area contributed by atoms with Crippen molar-refractivity contribution < 1.29 is 9.59 Å². The van der Waals surface area contributed by atoms with Gasteiger partial charge in [0.1, 0.15) is 0 Å². The van der Waals surface area contributed by atoms with Crippen LogP contribution in [0.1, 0.15) is 6.42 Å². The zero-order chi connectivity index (χ0) is 20.2. The Morgan fingerprint density at radius 1 is 1.10 bits per heavy atom. The number of rotatable bonds is 6. The van der Waals surface area contributed by atoms with Crippen LogP contribution < -0.4 is 5.32 Å². The minimum absolute atomic E-state index is 0.408. The number of para-hydroxylation sites is 1. The summed E-state index contributed by atoms with van der Waals surface area (Å²) in [6.45, 7) is 1.04. The van der Waals surface area contributed by atoms with Crippen LogP contribution in [0.2, 0.25) is 5.02 Å². The summed E-state index contributed by atoms with van der Waals surface area (Å²) in [6, 6.07) is 16.8. The smallest absolute Gasteiger partial charge is 0.307 e. The second-order valence-electron chi connectivity index (χ2n) is 6.38. The average Bonchev–Trinajstić information content (AvgIpc) is 2.99. The molecule has 1 saturated heterocycles. The van der Waals surface area contributed by atoms with Gasteiger partial charge in [-0.1, -0.05) is 29.8 Å². The van der Waals surface area contributed by atoms with Gasteiger partial charge in [0.25, 0.3) is 5.12 Å². The molecule has 6 nitrogen and oxygen atoms in total. The van der Waals surface area contributed by atoms with Gasteiger partial charge in [-0.2, -0.15) is 0 Å². The molecule has 0 saturated carbocycles. The van der Waals surface area contributed by atoms with Gasteiger partial charge in [-0.05, 0) is 54.6 Å². The van der Waals surface area contributed by atoms with Crippen LogP contribution in [0.15, 0.2) is 65.8 Å². The van der Waals surface area contributed by atoms with E-state index in [1.54, 1.807) is 6.20 Å². The van der Waals surface area contributed by atoms with Crippen LogP contribution in [0.25, 0.3) is 10.9 Å². The summed E-state index contributed by atoms with van der Waals surface area (Å²) in [5.74, 6) is -0.520. The maximum Gasteiger partial charge on any atom is 0.307 e. The Kier molecular flexibility index (Phi) is 5.78. The summed E-state index contributed by atoms with van der Waals surface area (Å²) in [7, 11) is 0. The molecule has 0 unspecified atom stereocenters. The number of amides is 1. The molecule has 0 atom stereocenters. The minimum Gasteiger partial charge on any atom is -0.384 e. The number of benzene rings is 2. The van der Waals surface area contributed by atoms with E-state index in [2.05, 4.69) is 15.3 Å². The maximum absolute atomic E-state index is 12.2. The highest BCUT2D eigenvalue weighted by Gasteiger charge is 2.36. The van der Waals surface area contributed by atoms with Gasteiger partial charge in [-0.15, -0.1) is 0 Å². The van der Waals surface area contributed by atoms with Gasteiger partial charge in [0, 0.05) is 35.4 Å². The molecule has 1 fully saturated rings. The van der Waals surface area contributed by atoms with Gasteiger partial charge >= 0.3 is 5.91 Å². The quantitative estimate of drug-likeness (QED) is 0.466. The van der Waals surface area contributed by atoms with Crippen LogP contribution in [0, 0.1) is 0 Å². The first-order chi connectivity index (χ1) is 14.1. The lowest BCUT2D eigenvalue weighted by atomic mass is 10.2. The summed E-state index contributed by atoms with van der Waals surface area (Å²) < 4.78 is 0. The predicted octanol–water partition coefficient (Wildman–Crippen LogP) is 4.48. The number of fused-ring (bicyclic) bond motifs is 1. The van der Waals surface area contributed by atoms with Crippen molar-refractivity contribution in [1.29, 1.82) is 0 Å². The fraction of sp³-hybridized carbons (Fsp3) is 0.143. The van der Waals surface area contributed by atoms with Crippen LogP contribution in [-0.4, -0.2) is 39.2 Å². The van der Waals surface area contributed by atoms with Crippen molar-refractivity contribution in [2.75, 3.05) is 18.4 Å². The zero-order valence-corrected chi connectivity index (χ0v) is 16.9. The van der Waals surface area contributed by atoms with Crippen molar-refractivity contribution in [3.8, 4) is 0 Å². The molecule has 0 aliphatic carbocycles. The Hall–Kier alpha value is -2.90. The van der Waals surface area contributed by atoms with Crippen molar-refractivity contribution in [2.24, 2.45) is 4.99 Å². The zero-order valence-electron chi connectivity index (χ0n) is 15.3. The number of aromatic nitrogens is 1. The molecular formula is C21H17ClN4O2S. The van der Waals surface area contributed by atoms with E-state index < -0.39 is 11.0 Å². The third-order valence-electron chi connectivity index (χ3n) is 4.39. The predicted molar refractivity (Wildman–Crippen MR) is 118 cm³/mol. The van der Waals surface area contributed by atoms with E-state index in [-0.39, 0.29) is 0 Å². The molecule has 2 heterocycles. The number of hydrogen-bond acceptors (Lipinski definition) is 6. The Morgan fingerprint density at radius 3 is 2.76 bits per heavy atom. The number of carbonyl (C=O) groups is 2. The number of pyridine rings is 1. The second kappa shape index (κ2) is 8.63.